The van der Waals surface area contributed by atoms with Crippen molar-refractivity contribution in [3.63, 3.8) is 0 Å². The molecule has 0 bridgehead atoms. The maximum absolute atomic E-state index is 12.8. The molecule has 1 saturated heterocycles. The lowest BCUT2D eigenvalue weighted by Gasteiger charge is -2.26. The molecular weight excluding hydrogens is 286 g/mol. The van der Waals surface area contributed by atoms with Crippen LogP contribution in [0.3, 0.4) is 0 Å². The lowest BCUT2D eigenvalue weighted by Crippen LogP contribution is -2.38. The van der Waals surface area contributed by atoms with E-state index >= 15 is 0 Å². The Kier molecular flexibility index (Phi) is 4.91. The lowest BCUT2D eigenvalue weighted by atomic mass is 10.2. The van der Waals surface area contributed by atoms with E-state index in [1.807, 2.05) is 0 Å². The predicted molar refractivity (Wildman–Crippen MR) is 85.7 cm³/mol. The van der Waals surface area contributed by atoms with Gasteiger partial charge in [0.05, 0.1) is 4.90 Å². The molecule has 2 N–H and O–H groups in total. The summed E-state index contributed by atoms with van der Waals surface area (Å²) in [6.07, 6.45) is 0.891. The van der Waals surface area contributed by atoms with E-state index in [0.29, 0.717) is 35.3 Å². The van der Waals surface area contributed by atoms with E-state index in [0.717, 1.165) is 19.5 Å². The van der Waals surface area contributed by atoms with Crippen molar-refractivity contribution in [3.8, 4) is 0 Å². The summed E-state index contributed by atoms with van der Waals surface area (Å²) in [5.74, 6) is 0. The van der Waals surface area contributed by atoms with Crippen LogP contribution in [-0.4, -0.2) is 49.8 Å². The van der Waals surface area contributed by atoms with Crippen molar-refractivity contribution in [2.24, 2.45) is 0 Å². The summed E-state index contributed by atoms with van der Waals surface area (Å²) in [5.41, 5.74) is 7.01. The Morgan fingerprint density at radius 3 is 2.62 bits per heavy atom. The van der Waals surface area contributed by atoms with E-state index in [9.17, 15) is 8.42 Å². The maximum atomic E-state index is 12.8. The summed E-state index contributed by atoms with van der Waals surface area (Å²) in [6.45, 7) is 9.04. The van der Waals surface area contributed by atoms with Gasteiger partial charge >= 0.3 is 0 Å². The predicted octanol–water partition coefficient (Wildman–Crippen LogP) is 1.68. The number of nitrogens with two attached hydrogens (primary N) is 1. The van der Waals surface area contributed by atoms with Gasteiger partial charge in [0.15, 0.2) is 0 Å². The zero-order valence-corrected chi connectivity index (χ0v) is 13.9. The molecule has 0 amide bonds. The Balaban J connectivity index is 2.24. The molecule has 1 aliphatic heterocycles. The minimum absolute atomic E-state index is 0.316. The number of rotatable bonds is 5. The van der Waals surface area contributed by atoms with Crippen LogP contribution in [0.15, 0.2) is 23.1 Å². The van der Waals surface area contributed by atoms with Crippen molar-refractivity contribution in [3.05, 3.63) is 23.8 Å². The number of nitrogen functional groups attached to an aromatic ring is 1. The molecule has 1 aromatic carbocycles. The van der Waals surface area contributed by atoms with Crippen molar-refractivity contribution < 1.29 is 8.42 Å². The Bertz CT molecular complexity index is 597. The molecule has 5 nitrogen and oxygen atoms in total. The van der Waals surface area contributed by atoms with Crippen molar-refractivity contribution in [1.82, 2.24) is 9.21 Å². The van der Waals surface area contributed by atoms with Gasteiger partial charge in [-0.2, -0.15) is 4.31 Å². The molecule has 2 rings (SSSR count). The highest BCUT2D eigenvalue weighted by molar-refractivity contribution is 7.89. The molecular formula is C15H25N3O2S. The van der Waals surface area contributed by atoms with Crippen molar-refractivity contribution in [1.29, 1.82) is 0 Å². The van der Waals surface area contributed by atoms with Crippen molar-refractivity contribution in [2.75, 3.05) is 31.9 Å². The summed E-state index contributed by atoms with van der Waals surface area (Å²) in [6, 6.07) is 5.40. The fraction of sp³-hybridized carbons (Fsp3) is 0.600. The fourth-order valence-corrected chi connectivity index (χ4v) is 4.76. The first kappa shape index (κ1) is 16.3. The van der Waals surface area contributed by atoms with Crippen LogP contribution in [0.1, 0.15) is 25.8 Å². The smallest absolute Gasteiger partial charge is 0.243 e. The van der Waals surface area contributed by atoms with Crippen LogP contribution in [0.4, 0.5) is 5.69 Å². The number of hydrogen-bond donors (Lipinski definition) is 1. The largest absolute Gasteiger partial charge is 0.398 e. The summed E-state index contributed by atoms with van der Waals surface area (Å²) >= 11 is 0. The Morgan fingerprint density at radius 2 is 2.00 bits per heavy atom. The molecule has 0 aliphatic carbocycles. The first-order valence-corrected chi connectivity index (χ1v) is 8.95. The van der Waals surface area contributed by atoms with Gasteiger partial charge in [-0.05, 0) is 44.1 Å². The topological polar surface area (TPSA) is 66.6 Å². The molecule has 0 spiro atoms. The second kappa shape index (κ2) is 6.34. The van der Waals surface area contributed by atoms with Crippen LogP contribution in [0, 0.1) is 6.92 Å². The standard InChI is InChI=1S/C15H25N3O2S/c1-4-17(5-2)13-9-10-18(11-13)21(19,20)15-8-6-7-14(16)12(15)3/h6-8,13H,4-5,9-11,16H2,1-3H3. The van der Waals surface area contributed by atoms with Crippen LogP contribution in [0.25, 0.3) is 0 Å². The lowest BCUT2D eigenvalue weighted by molar-refractivity contribution is 0.224. The zero-order chi connectivity index (χ0) is 15.6. The van der Waals surface area contributed by atoms with Gasteiger partial charge in [0.25, 0.3) is 0 Å². The third-order valence-corrected chi connectivity index (χ3v) is 6.41. The normalized spacial score (nSPS) is 20.3. The minimum atomic E-state index is -3.45. The third-order valence-electron chi connectivity index (χ3n) is 4.40. The van der Waals surface area contributed by atoms with Crippen LogP contribution in [-0.2, 0) is 10.0 Å². The van der Waals surface area contributed by atoms with Crippen LogP contribution in [0.5, 0.6) is 0 Å². The molecule has 1 unspecified atom stereocenters. The number of nitrogens with zero attached hydrogens (tertiary/aromatic N) is 2. The molecule has 1 aromatic rings. The van der Waals surface area contributed by atoms with E-state index < -0.39 is 10.0 Å². The second-order valence-corrected chi connectivity index (χ2v) is 7.40. The molecule has 6 heteroatoms. The van der Waals surface area contributed by atoms with Gasteiger partial charge in [0.1, 0.15) is 0 Å². The average molecular weight is 311 g/mol. The molecule has 1 atom stereocenters. The molecule has 0 saturated carbocycles. The number of hydrogen-bond acceptors (Lipinski definition) is 4. The SMILES string of the molecule is CCN(CC)C1CCN(S(=O)(=O)c2cccc(N)c2C)C1. The van der Waals surface area contributed by atoms with Gasteiger partial charge in [-0.1, -0.05) is 19.9 Å². The third kappa shape index (κ3) is 3.07. The number of anilines is 1. The molecule has 118 valence electrons. The van der Waals surface area contributed by atoms with Gasteiger partial charge < -0.3 is 5.73 Å². The summed E-state index contributed by atoms with van der Waals surface area (Å²) in [4.78, 5) is 2.66. The molecule has 21 heavy (non-hydrogen) atoms. The Labute approximate surface area is 127 Å². The zero-order valence-electron chi connectivity index (χ0n) is 13.0. The molecule has 0 radical (unpaired) electrons. The first-order chi connectivity index (χ1) is 9.91. The Morgan fingerprint density at radius 1 is 1.33 bits per heavy atom. The van der Waals surface area contributed by atoms with Crippen LogP contribution < -0.4 is 5.73 Å². The van der Waals surface area contributed by atoms with E-state index in [4.69, 9.17) is 5.73 Å². The summed E-state index contributed by atoms with van der Waals surface area (Å²) < 4.78 is 27.2. The van der Waals surface area contributed by atoms with Crippen molar-refractivity contribution in [2.45, 2.75) is 38.1 Å². The Hall–Kier alpha value is -1.11. The highest BCUT2D eigenvalue weighted by atomic mass is 32.2. The van der Waals surface area contributed by atoms with Gasteiger partial charge in [0.2, 0.25) is 10.0 Å². The first-order valence-electron chi connectivity index (χ1n) is 7.51. The molecule has 1 fully saturated rings. The summed E-state index contributed by atoms with van der Waals surface area (Å²) in [5, 5.41) is 0. The van der Waals surface area contributed by atoms with E-state index in [-0.39, 0.29) is 0 Å². The summed E-state index contributed by atoms with van der Waals surface area (Å²) in [7, 11) is -3.45. The van der Waals surface area contributed by atoms with Crippen LogP contribution in [0.2, 0.25) is 0 Å². The number of sulfonamides is 1. The van der Waals surface area contributed by atoms with E-state index in [1.54, 1.807) is 29.4 Å². The van der Waals surface area contributed by atoms with Gasteiger partial charge in [0, 0.05) is 24.8 Å². The highest BCUT2D eigenvalue weighted by Gasteiger charge is 2.35. The van der Waals surface area contributed by atoms with Gasteiger partial charge in [-0.25, -0.2) is 8.42 Å². The van der Waals surface area contributed by atoms with Gasteiger partial charge in [-0.15, -0.1) is 0 Å². The number of likely N-dealkylation sites (N-methyl/N-ethyl adjacent to an activating group) is 1. The highest BCUT2D eigenvalue weighted by Crippen LogP contribution is 2.27. The molecule has 1 heterocycles. The maximum Gasteiger partial charge on any atom is 0.243 e. The molecule has 0 aromatic heterocycles. The quantitative estimate of drug-likeness (QED) is 0.840. The van der Waals surface area contributed by atoms with Crippen LogP contribution >= 0.6 is 0 Å². The number of benzene rings is 1. The second-order valence-electron chi connectivity index (χ2n) is 5.50. The van der Waals surface area contributed by atoms with Gasteiger partial charge in [-0.3, -0.25) is 4.90 Å². The van der Waals surface area contributed by atoms with E-state index in [2.05, 4.69) is 18.7 Å². The minimum Gasteiger partial charge on any atom is -0.398 e. The average Bonchev–Trinajstić information content (AvgIpc) is 2.93. The molecule has 1 aliphatic rings. The fourth-order valence-electron chi connectivity index (χ4n) is 3.02. The monoisotopic (exact) mass is 311 g/mol. The van der Waals surface area contributed by atoms with E-state index in [1.165, 1.54) is 0 Å². The van der Waals surface area contributed by atoms with Crippen molar-refractivity contribution >= 4 is 15.7 Å².